The largest absolute Gasteiger partial charge is 0.389 e. The molecule has 0 bridgehead atoms. The van der Waals surface area contributed by atoms with Crippen molar-refractivity contribution >= 4 is 21.6 Å². The molecule has 18 heavy (non-hydrogen) atoms. The topological polar surface area (TPSA) is 57.9 Å². The first-order valence-electron chi connectivity index (χ1n) is 5.52. The van der Waals surface area contributed by atoms with Crippen LogP contribution in [0.2, 0.25) is 0 Å². The van der Waals surface area contributed by atoms with Gasteiger partial charge in [0.05, 0.1) is 29.2 Å². The Balaban J connectivity index is 2.41. The molecule has 1 heterocycles. The fourth-order valence-corrected chi connectivity index (χ4v) is 4.54. The van der Waals surface area contributed by atoms with Crippen molar-refractivity contribution in [3.63, 3.8) is 0 Å². The van der Waals surface area contributed by atoms with Crippen LogP contribution in [0.15, 0.2) is 0 Å². The highest BCUT2D eigenvalue weighted by atomic mass is 32.2. The lowest BCUT2D eigenvalue weighted by Gasteiger charge is -2.25. The molecule has 0 N–H and O–H groups in total. The summed E-state index contributed by atoms with van der Waals surface area (Å²) >= 11 is 0.979. The van der Waals surface area contributed by atoms with Gasteiger partial charge in [-0.25, -0.2) is 8.42 Å². The van der Waals surface area contributed by atoms with E-state index in [9.17, 15) is 21.6 Å². The first-order valence-corrected chi connectivity index (χ1v) is 8.39. The van der Waals surface area contributed by atoms with E-state index in [-0.39, 0.29) is 23.2 Å². The van der Waals surface area contributed by atoms with Crippen molar-refractivity contribution in [1.29, 1.82) is 5.26 Å². The van der Waals surface area contributed by atoms with E-state index in [0.29, 0.717) is 12.8 Å². The minimum absolute atomic E-state index is 0.0374. The molecule has 0 saturated carbocycles. The molecule has 0 aromatic carbocycles. The van der Waals surface area contributed by atoms with E-state index in [4.69, 9.17) is 5.26 Å². The van der Waals surface area contributed by atoms with E-state index in [0.717, 1.165) is 11.8 Å². The van der Waals surface area contributed by atoms with Crippen molar-refractivity contribution in [2.45, 2.75) is 30.7 Å². The molecule has 0 spiro atoms. The van der Waals surface area contributed by atoms with Crippen LogP contribution in [-0.2, 0) is 9.84 Å². The maximum absolute atomic E-state index is 12.0. The van der Waals surface area contributed by atoms with Crippen LogP contribution in [0.3, 0.4) is 0 Å². The third kappa shape index (κ3) is 5.48. The van der Waals surface area contributed by atoms with Gasteiger partial charge >= 0.3 is 6.18 Å². The highest BCUT2D eigenvalue weighted by molar-refractivity contribution is 8.00. The van der Waals surface area contributed by atoms with E-state index in [2.05, 4.69) is 0 Å². The minimum atomic E-state index is -4.21. The molecule has 0 amide bonds. The Morgan fingerprint density at radius 3 is 2.33 bits per heavy atom. The van der Waals surface area contributed by atoms with E-state index in [1.165, 1.54) is 0 Å². The lowest BCUT2D eigenvalue weighted by Crippen LogP contribution is -2.29. The predicted molar refractivity (Wildman–Crippen MR) is 63.9 cm³/mol. The van der Waals surface area contributed by atoms with E-state index >= 15 is 0 Å². The van der Waals surface area contributed by atoms with Crippen LogP contribution < -0.4 is 0 Å². The van der Waals surface area contributed by atoms with Gasteiger partial charge in [0.15, 0.2) is 0 Å². The van der Waals surface area contributed by atoms with Crippen molar-refractivity contribution in [3.8, 4) is 6.07 Å². The molecule has 0 radical (unpaired) electrons. The van der Waals surface area contributed by atoms with Crippen LogP contribution in [0.5, 0.6) is 0 Å². The van der Waals surface area contributed by atoms with Gasteiger partial charge in [-0.1, -0.05) is 0 Å². The molecule has 104 valence electrons. The molecule has 0 aromatic rings. The summed E-state index contributed by atoms with van der Waals surface area (Å²) in [6.07, 6.45) is -4.37. The second-order valence-corrected chi connectivity index (χ2v) is 7.83. The molecule has 0 aromatic heterocycles. The second kappa shape index (κ2) is 6.15. The van der Waals surface area contributed by atoms with Crippen molar-refractivity contribution in [1.82, 2.24) is 0 Å². The van der Waals surface area contributed by atoms with Gasteiger partial charge in [0.25, 0.3) is 0 Å². The van der Waals surface area contributed by atoms with Crippen molar-refractivity contribution in [3.05, 3.63) is 0 Å². The average molecular weight is 301 g/mol. The van der Waals surface area contributed by atoms with Crippen LogP contribution in [0.4, 0.5) is 13.2 Å². The average Bonchev–Trinajstić information content (AvgIpc) is 2.24. The second-order valence-electron chi connectivity index (χ2n) is 4.27. The van der Waals surface area contributed by atoms with Gasteiger partial charge in [0, 0.05) is 5.75 Å². The molecule has 1 fully saturated rings. The first kappa shape index (κ1) is 15.6. The summed E-state index contributed by atoms with van der Waals surface area (Å²) in [7, 11) is -3.00. The third-order valence-corrected chi connectivity index (χ3v) is 5.84. The van der Waals surface area contributed by atoms with Crippen LogP contribution in [0.1, 0.15) is 19.3 Å². The Morgan fingerprint density at radius 1 is 1.33 bits per heavy atom. The van der Waals surface area contributed by atoms with Crippen LogP contribution >= 0.6 is 11.8 Å². The van der Waals surface area contributed by atoms with Crippen LogP contribution in [-0.4, -0.2) is 37.1 Å². The number of alkyl halides is 3. The zero-order valence-electron chi connectivity index (χ0n) is 9.61. The van der Waals surface area contributed by atoms with Gasteiger partial charge in [-0.3, -0.25) is 0 Å². The highest BCUT2D eigenvalue weighted by Crippen LogP contribution is 2.31. The van der Waals surface area contributed by atoms with E-state index in [1.807, 2.05) is 6.07 Å². The van der Waals surface area contributed by atoms with Gasteiger partial charge in [-0.2, -0.15) is 18.4 Å². The minimum Gasteiger partial charge on any atom is -0.229 e. The zero-order chi connectivity index (χ0) is 13.8. The monoisotopic (exact) mass is 301 g/mol. The fourth-order valence-electron chi connectivity index (χ4n) is 1.79. The zero-order valence-corrected chi connectivity index (χ0v) is 11.2. The standard InChI is InChI=1S/C10H14F3NO2S2/c11-10(12,13)3-4-17-9(7-14)8-1-5-18(15,16)6-2-8/h8-9H,1-6H2. The van der Waals surface area contributed by atoms with Crippen molar-refractivity contribution < 1.29 is 21.6 Å². The number of hydrogen-bond donors (Lipinski definition) is 0. The summed E-state index contributed by atoms with van der Waals surface area (Å²) in [5.74, 6) is -0.187. The number of thioether (sulfide) groups is 1. The maximum atomic E-state index is 12.0. The third-order valence-electron chi connectivity index (χ3n) is 2.84. The van der Waals surface area contributed by atoms with Gasteiger partial charge in [-0.15, -0.1) is 11.8 Å². The molecule has 1 atom stereocenters. The lowest BCUT2D eigenvalue weighted by atomic mass is 9.99. The summed E-state index contributed by atoms with van der Waals surface area (Å²) < 4.78 is 58.4. The number of nitrogens with zero attached hydrogens (tertiary/aromatic N) is 1. The molecule has 1 rings (SSSR count). The Kier molecular flexibility index (Phi) is 5.34. The van der Waals surface area contributed by atoms with E-state index < -0.39 is 27.7 Å². The number of halogens is 3. The first-order chi connectivity index (χ1) is 8.23. The lowest BCUT2D eigenvalue weighted by molar-refractivity contribution is -0.129. The molecule has 0 aliphatic carbocycles. The van der Waals surface area contributed by atoms with Gasteiger partial charge in [0.1, 0.15) is 9.84 Å². The summed E-state index contributed by atoms with van der Waals surface area (Å²) in [6.45, 7) is 0. The molecular weight excluding hydrogens is 287 g/mol. The molecule has 1 unspecified atom stereocenters. The maximum Gasteiger partial charge on any atom is 0.389 e. The quantitative estimate of drug-likeness (QED) is 0.800. The highest BCUT2D eigenvalue weighted by Gasteiger charge is 2.31. The molecule has 1 aliphatic rings. The van der Waals surface area contributed by atoms with Crippen molar-refractivity contribution in [2.24, 2.45) is 5.92 Å². The predicted octanol–water partition coefficient (Wildman–Crippen LogP) is 2.39. The molecule has 1 aliphatic heterocycles. The SMILES string of the molecule is N#CC(SCCC(F)(F)F)C1CCS(=O)(=O)CC1. The summed E-state index contributed by atoms with van der Waals surface area (Å²) in [5, 5.41) is 8.40. The summed E-state index contributed by atoms with van der Waals surface area (Å²) in [6, 6.07) is 1.99. The Labute approximate surface area is 109 Å². The number of hydrogen-bond acceptors (Lipinski definition) is 4. The Bertz CT molecular complexity index is 400. The molecule has 3 nitrogen and oxygen atoms in total. The number of sulfone groups is 1. The summed E-state index contributed by atoms with van der Waals surface area (Å²) in [4.78, 5) is 0. The van der Waals surface area contributed by atoms with Crippen LogP contribution in [0, 0.1) is 17.2 Å². The Hall–Kier alpha value is -0.420. The molecular formula is C10H14F3NO2S2. The molecule has 8 heteroatoms. The summed E-state index contributed by atoms with van der Waals surface area (Å²) in [5.41, 5.74) is 0. The van der Waals surface area contributed by atoms with Gasteiger partial charge < -0.3 is 0 Å². The Morgan fingerprint density at radius 2 is 1.89 bits per heavy atom. The van der Waals surface area contributed by atoms with E-state index in [1.54, 1.807) is 0 Å². The van der Waals surface area contributed by atoms with Crippen molar-refractivity contribution in [2.75, 3.05) is 17.3 Å². The number of rotatable bonds is 4. The molecule has 1 saturated heterocycles. The van der Waals surface area contributed by atoms with Gasteiger partial charge in [-0.05, 0) is 18.8 Å². The van der Waals surface area contributed by atoms with Crippen LogP contribution in [0.25, 0.3) is 0 Å². The van der Waals surface area contributed by atoms with Gasteiger partial charge in [0.2, 0.25) is 0 Å². The normalized spacial score (nSPS) is 22.3. The smallest absolute Gasteiger partial charge is 0.229 e. The number of nitriles is 1. The fraction of sp³-hybridized carbons (Fsp3) is 0.900.